The van der Waals surface area contributed by atoms with Crippen LogP contribution < -0.4 is 10.9 Å². The van der Waals surface area contributed by atoms with E-state index in [1.807, 2.05) is 12.1 Å². The first-order chi connectivity index (χ1) is 15.4. The number of sulfonamides is 1. The lowest BCUT2D eigenvalue weighted by Gasteiger charge is -2.21. The standard InChI is InChI=1S/C20H23ClN4O5S2/c1-29-12-10-25(11-13-30-2)32(27,28)15-8-6-14(7-9-15)19(26)23-24-20-22-18-16(21)4-3-5-17(18)31-20/h3-9H,10-13H2,1-2H3,(H,22,24)(H,23,26). The third-order valence-electron chi connectivity index (χ3n) is 4.50. The number of rotatable bonds is 11. The molecule has 2 aromatic carbocycles. The molecular weight excluding hydrogens is 476 g/mol. The van der Waals surface area contributed by atoms with Crippen molar-refractivity contribution in [1.82, 2.24) is 14.7 Å². The van der Waals surface area contributed by atoms with E-state index in [0.29, 0.717) is 15.7 Å². The van der Waals surface area contributed by atoms with E-state index in [0.717, 1.165) is 4.70 Å². The molecule has 3 aromatic rings. The Hall–Kier alpha value is -2.28. The van der Waals surface area contributed by atoms with Gasteiger partial charge in [-0.05, 0) is 36.4 Å². The van der Waals surface area contributed by atoms with Crippen LogP contribution in [0.3, 0.4) is 0 Å². The van der Waals surface area contributed by atoms with Gasteiger partial charge in [0.2, 0.25) is 15.2 Å². The van der Waals surface area contributed by atoms with E-state index in [1.54, 1.807) is 6.07 Å². The molecule has 0 aliphatic heterocycles. The minimum Gasteiger partial charge on any atom is -0.383 e. The average Bonchev–Trinajstić information content (AvgIpc) is 3.22. The first kappa shape index (κ1) is 24.4. The van der Waals surface area contributed by atoms with Gasteiger partial charge in [-0.25, -0.2) is 13.4 Å². The van der Waals surface area contributed by atoms with Gasteiger partial charge in [0.1, 0.15) is 5.52 Å². The highest BCUT2D eigenvalue weighted by atomic mass is 35.5. The Bertz CT molecular complexity index is 1160. The Morgan fingerprint density at radius 3 is 2.34 bits per heavy atom. The van der Waals surface area contributed by atoms with Gasteiger partial charge in [-0.1, -0.05) is 29.0 Å². The number of benzene rings is 2. The lowest BCUT2D eigenvalue weighted by molar-refractivity contribution is 0.0962. The van der Waals surface area contributed by atoms with E-state index < -0.39 is 15.9 Å². The zero-order chi connectivity index (χ0) is 23.1. The van der Waals surface area contributed by atoms with Crippen molar-refractivity contribution < 1.29 is 22.7 Å². The number of aromatic nitrogens is 1. The monoisotopic (exact) mass is 498 g/mol. The highest BCUT2D eigenvalue weighted by molar-refractivity contribution is 7.89. The van der Waals surface area contributed by atoms with Gasteiger partial charge in [-0.15, -0.1) is 0 Å². The van der Waals surface area contributed by atoms with Gasteiger partial charge in [0.15, 0.2) is 0 Å². The summed E-state index contributed by atoms with van der Waals surface area (Å²) < 4.78 is 38.0. The van der Waals surface area contributed by atoms with Gasteiger partial charge in [-0.2, -0.15) is 4.31 Å². The van der Waals surface area contributed by atoms with Crippen molar-refractivity contribution in [3.8, 4) is 0 Å². The van der Waals surface area contributed by atoms with Crippen LogP contribution in [0.5, 0.6) is 0 Å². The number of methoxy groups -OCH3 is 2. The SMILES string of the molecule is COCCN(CCOC)S(=O)(=O)c1ccc(C(=O)NNc2nc3c(Cl)cccc3s2)cc1. The summed E-state index contributed by atoms with van der Waals surface area (Å²) in [5, 5.41) is 1.01. The van der Waals surface area contributed by atoms with Crippen molar-refractivity contribution in [3.63, 3.8) is 0 Å². The summed E-state index contributed by atoms with van der Waals surface area (Å²) in [5.41, 5.74) is 6.26. The number of nitrogens with zero attached hydrogens (tertiary/aromatic N) is 2. The van der Waals surface area contributed by atoms with Crippen molar-refractivity contribution in [2.75, 3.05) is 45.9 Å². The van der Waals surface area contributed by atoms with Crippen molar-refractivity contribution in [2.45, 2.75) is 4.90 Å². The summed E-state index contributed by atoms with van der Waals surface area (Å²) in [6, 6.07) is 11.1. The normalized spacial score (nSPS) is 11.8. The number of carbonyl (C=O) groups excluding carboxylic acids is 1. The number of para-hydroxylation sites is 1. The van der Waals surface area contributed by atoms with E-state index >= 15 is 0 Å². The second kappa shape index (κ2) is 11.0. The number of ether oxygens (including phenoxy) is 2. The number of amides is 1. The zero-order valence-electron chi connectivity index (χ0n) is 17.5. The number of anilines is 1. The molecule has 2 N–H and O–H groups in total. The number of nitrogens with one attached hydrogen (secondary N) is 2. The first-order valence-corrected chi connectivity index (χ1v) is 12.2. The van der Waals surface area contributed by atoms with E-state index in [9.17, 15) is 13.2 Å². The second-order valence-electron chi connectivity index (χ2n) is 6.60. The number of fused-ring (bicyclic) bond motifs is 1. The number of hydrogen-bond acceptors (Lipinski definition) is 8. The van der Waals surface area contributed by atoms with Gasteiger partial charge < -0.3 is 9.47 Å². The summed E-state index contributed by atoms with van der Waals surface area (Å²) in [4.78, 5) is 16.9. The molecule has 0 radical (unpaired) electrons. The van der Waals surface area contributed by atoms with Crippen LogP contribution in [0.2, 0.25) is 5.02 Å². The average molecular weight is 499 g/mol. The lowest BCUT2D eigenvalue weighted by atomic mass is 10.2. The predicted molar refractivity (Wildman–Crippen MR) is 125 cm³/mol. The third-order valence-corrected chi connectivity index (χ3v) is 7.65. The molecule has 0 aliphatic rings. The Morgan fingerprint density at radius 2 is 1.75 bits per heavy atom. The van der Waals surface area contributed by atoms with Gasteiger partial charge in [0.05, 0.1) is 27.8 Å². The largest absolute Gasteiger partial charge is 0.383 e. The molecule has 1 aromatic heterocycles. The Labute approximate surface area is 195 Å². The Balaban J connectivity index is 1.67. The van der Waals surface area contributed by atoms with Crippen LogP contribution in [0.15, 0.2) is 47.4 Å². The zero-order valence-corrected chi connectivity index (χ0v) is 19.9. The maximum absolute atomic E-state index is 12.9. The topological polar surface area (TPSA) is 110 Å². The smallest absolute Gasteiger partial charge is 0.269 e. The molecule has 0 atom stereocenters. The highest BCUT2D eigenvalue weighted by Crippen LogP contribution is 2.30. The quantitative estimate of drug-likeness (QED) is 0.391. The minimum absolute atomic E-state index is 0.0787. The van der Waals surface area contributed by atoms with Crippen LogP contribution in [0, 0.1) is 0 Å². The summed E-state index contributed by atoms with van der Waals surface area (Å²) in [5.74, 6) is -0.435. The summed E-state index contributed by atoms with van der Waals surface area (Å²) in [6.07, 6.45) is 0. The van der Waals surface area contributed by atoms with Gasteiger partial charge >= 0.3 is 0 Å². The summed E-state index contributed by atoms with van der Waals surface area (Å²) in [7, 11) is -0.746. The third kappa shape index (κ3) is 5.74. The van der Waals surface area contributed by atoms with Crippen LogP contribution in [-0.4, -0.2) is 64.1 Å². The molecule has 9 nitrogen and oxygen atoms in total. The van der Waals surface area contributed by atoms with E-state index in [2.05, 4.69) is 15.8 Å². The van der Waals surface area contributed by atoms with Gasteiger partial charge in [-0.3, -0.25) is 15.6 Å². The van der Waals surface area contributed by atoms with Crippen LogP contribution in [0.1, 0.15) is 10.4 Å². The Kier molecular flexibility index (Phi) is 8.40. The number of halogens is 1. The maximum atomic E-state index is 12.9. The van der Waals surface area contributed by atoms with Crippen LogP contribution in [0.4, 0.5) is 5.13 Å². The van der Waals surface area contributed by atoms with E-state index in [4.69, 9.17) is 21.1 Å². The molecule has 0 aliphatic carbocycles. The molecule has 0 saturated carbocycles. The molecule has 12 heteroatoms. The molecule has 0 saturated heterocycles. The molecule has 1 heterocycles. The molecule has 0 bridgehead atoms. The van der Waals surface area contributed by atoms with Crippen LogP contribution in [-0.2, 0) is 19.5 Å². The van der Waals surface area contributed by atoms with Crippen molar-refractivity contribution in [3.05, 3.63) is 53.1 Å². The molecule has 3 rings (SSSR count). The number of hydrogen-bond donors (Lipinski definition) is 2. The number of carbonyl (C=O) groups is 1. The highest BCUT2D eigenvalue weighted by Gasteiger charge is 2.24. The minimum atomic E-state index is -3.76. The van der Waals surface area contributed by atoms with Gasteiger partial charge in [0.25, 0.3) is 5.91 Å². The van der Waals surface area contributed by atoms with E-state index in [-0.39, 0.29) is 36.8 Å². The Morgan fingerprint density at radius 1 is 1.09 bits per heavy atom. The number of thiazole rings is 1. The fourth-order valence-corrected chi connectivity index (χ4v) is 5.34. The molecular formula is C20H23ClN4O5S2. The first-order valence-electron chi connectivity index (χ1n) is 9.56. The van der Waals surface area contributed by atoms with Gasteiger partial charge in [0, 0.05) is 32.9 Å². The van der Waals surface area contributed by atoms with Crippen molar-refractivity contribution in [2.24, 2.45) is 0 Å². The predicted octanol–water partition coefficient (Wildman–Crippen LogP) is 2.99. The molecule has 1 amide bonds. The summed E-state index contributed by atoms with van der Waals surface area (Å²) >= 11 is 7.47. The number of hydrazine groups is 1. The lowest BCUT2D eigenvalue weighted by Crippen LogP contribution is -2.36. The summed E-state index contributed by atoms with van der Waals surface area (Å²) in [6.45, 7) is 0.902. The molecule has 172 valence electrons. The van der Waals surface area contributed by atoms with Crippen molar-refractivity contribution >= 4 is 54.2 Å². The molecule has 0 unspecified atom stereocenters. The fraction of sp³-hybridized carbons (Fsp3) is 0.300. The molecule has 32 heavy (non-hydrogen) atoms. The van der Waals surface area contributed by atoms with Crippen molar-refractivity contribution in [1.29, 1.82) is 0 Å². The fourth-order valence-electron chi connectivity index (χ4n) is 2.82. The van der Waals surface area contributed by atoms with Crippen LogP contribution in [0.25, 0.3) is 10.2 Å². The second-order valence-corrected chi connectivity index (χ2v) is 9.97. The van der Waals surface area contributed by atoms with Crippen LogP contribution >= 0.6 is 22.9 Å². The maximum Gasteiger partial charge on any atom is 0.269 e. The molecule has 0 spiro atoms. The van der Waals surface area contributed by atoms with E-state index in [1.165, 1.54) is 54.1 Å². The molecule has 0 fully saturated rings.